The van der Waals surface area contributed by atoms with Crippen LogP contribution in [0.15, 0.2) is 52.4 Å². The molecule has 29 heavy (non-hydrogen) atoms. The first-order valence-electron chi connectivity index (χ1n) is 9.28. The van der Waals surface area contributed by atoms with Crippen LogP contribution in [0.5, 0.6) is 0 Å². The second-order valence-electron chi connectivity index (χ2n) is 6.09. The van der Waals surface area contributed by atoms with E-state index in [-0.39, 0.29) is 24.1 Å². The highest BCUT2D eigenvalue weighted by molar-refractivity contribution is 7.99. The maximum atomic E-state index is 12.9. The van der Waals surface area contributed by atoms with E-state index < -0.39 is 0 Å². The van der Waals surface area contributed by atoms with Crippen molar-refractivity contribution in [3.05, 3.63) is 58.6 Å². The summed E-state index contributed by atoms with van der Waals surface area (Å²) < 4.78 is 20.8. The lowest BCUT2D eigenvalue weighted by Gasteiger charge is -2.03. The van der Waals surface area contributed by atoms with Crippen molar-refractivity contribution in [2.75, 3.05) is 12.4 Å². The van der Waals surface area contributed by atoms with Crippen molar-refractivity contribution in [1.29, 1.82) is 0 Å². The van der Waals surface area contributed by atoms with Crippen molar-refractivity contribution in [2.24, 2.45) is 4.99 Å². The lowest BCUT2D eigenvalue weighted by Crippen LogP contribution is -2.16. The molecule has 0 N–H and O–H groups in total. The highest BCUT2D eigenvalue weighted by Gasteiger charge is 2.12. The van der Waals surface area contributed by atoms with Gasteiger partial charge in [-0.3, -0.25) is 4.79 Å². The van der Waals surface area contributed by atoms with Crippen molar-refractivity contribution in [2.45, 2.75) is 31.7 Å². The summed E-state index contributed by atoms with van der Waals surface area (Å²) in [4.78, 5) is 30.1. The predicted molar refractivity (Wildman–Crippen MR) is 114 cm³/mol. The van der Waals surface area contributed by atoms with E-state index in [1.54, 1.807) is 31.2 Å². The van der Waals surface area contributed by atoms with E-state index in [4.69, 9.17) is 4.74 Å². The molecule has 3 rings (SSSR count). The number of halogens is 1. The maximum Gasteiger partial charge on any atom is 0.338 e. The molecule has 0 saturated carbocycles. The summed E-state index contributed by atoms with van der Waals surface area (Å²) in [5, 5.41) is 0. The SMILES string of the molecule is CCOC(=O)c1ccc2c(c1)sc(=NC(=O)CCSc1ccc(F)cc1)n2CC. The normalized spacial score (nSPS) is 11.8. The minimum atomic E-state index is -0.363. The van der Waals surface area contributed by atoms with Crippen molar-refractivity contribution in [3.8, 4) is 0 Å². The van der Waals surface area contributed by atoms with Gasteiger partial charge in [-0.05, 0) is 56.3 Å². The van der Waals surface area contributed by atoms with Gasteiger partial charge in [0.25, 0.3) is 0 Å². The molecule has 0 radical (unpaired) electrons. The van der Waals surface area contributed by atoms with Crippen molar-refractivity contribution in [3.63, 3.8) is 0 Å². The van der Waals surface area contributed by atoms with Crippen LogP contribution in [0.3, 0.4) is 0 Å². The molecular formula is C21H21FN2O3S2. The van der Waals surface area contributed by atoms with E-state index >= 15 is 0 Å². The van der Waals surface area contributed by atoms with Gasteiger partial charge in [-0.15, -0.1) is 11.8 Å². The third kappa shape index (κ3) is 5.33. The highest BCUT2D eigenvalue weighted by Crippen LogP contribution is 2.21. The Kier molecular flexibility index (Phi) is 7.22. The second kappa shape index (κ2) is 9.84. The molecule has 2 aromatic carbocycles. The van der Waals surface area contributed by atoms with Crippen LogP contribution in [0.1, 0.15) is 30.6 Å². The number of carbonyl (C=O) groups is 2. The fourth-order valence-electron chi connectivity index (χ4n) is 2.76. The Hall–Kier alpha value is -2.45. The lowest BCUT2D eigenvalue weighted by atomic mass is 10.2. The Morgan fingerprint density at radius 1 is 1.17 bits per heavy atom. The van der Waals surface area contributed by atoms with E-state index in [9.17, 15) is 14.0 Å². The fourth-order valence-corrected chi connectivity index (χ4v) is 4.75. The third-order valence-corrected chi connectivity index (χ3v) is 6.18. The topological polar surface area (TPSA) is 60.7 Å². The Labute approximate surface area is 176 Å². The molecule has 0 fully saturated rings. The van der Waals surface area contributed by atoms with Crippen LogP contribution in [0.4, 0.5) is 4.39 Å². The monoisotopic (exact) mass is 432 g/mol. The van der Waals surface area contributed by atoms with E-state index in [1.165, 1.54) is 35.2 Å². The summed E-state index contributed by atoms with van der Waals surface area (Å²) in [7, 11) is 0. The summed E-state index contributed by atoms with van der Waals surface area (Å²) in [5.74, 6) is -0.282. The van der Waals surface area contributed by atoms with Gasteiger partial charge in [0.2, 0.25) is 5.91 Å². The number of hydrogen-bond donors (Lipinski definition) is 0. The summed E-state index contributed by atoms with van der Waals surface area (Å²) in [6.07, 6.45) is 0.286. The Bertz CT molecular complexity index is 1090. The van der Waals surface area contributed by atoms with Gasteiger partial charge in [-0.1, -0.05) is 11.3 Å². The average Bonchev–Trinajstić information content (AvgIpc) is 3.05. The molecule has 0 saturated heterocycles. The van der Waals surface area contributed by atoms with Gasteiger partial charge < -0.3 is 9.30 Å². The van der Waals surface area contributed by atoms with Gasteiger partial charge in [0.1, 0.15) is 5.82 Å². The molecule has 3 aromatic rings. The smallest absolute Gasteiger partial charge is 0.338 e. The molecule has 1 heterocycles. The fraction of sp³-hybridized carbons (Fsp3) is 0.286. The molecule has 0 aliphatic heterocycles. The number of aromatic nitrogens is 1. The van der Waals surface area contributed by atoms with Crippen molar-refractivity contribution < 1.29 is 18.7 Å². The molecule has 0 aliphatic rings. The first kappa shape index (κ1) is 21.3. The maximum absolute atomic E-state index is 12.9. The number of thiazole rings is 1. The number of esters is 1. The molecule has 1 amide bonds. The highest BCUT2D eigenvalue weighted by atomic mass is 32.2. The van der Waals surface area contributed by atoms with Crippen LogP contribution in [-0.4, -0.2) is 28.8 Å². The summed E-state index contributed by atoms with van der Waals surface area (Å²) in [6, 6.07) is 11.6. The third-order valence-electron chi connectivity index (χ3n) is 4.13. The zero-order chi connectivity index (χ0) is 20.8. The number of carbonyl (C=O) groups excluding carboxylic acids is 2. The number of fused-ring (bicyclic) bond motifs is 1. The number of benzene rings is 2. The van der Waals surface area contributed by atoms with E-state index in [0.717, 1.165) is 15.1 Å². The zero-order valence-electron chi connectivity index (χ0n) is 16.2. The molecule has 0 spiro atoms. The number of nitrogens with zero attached hydrogens (tertiary/aromatic N) is 2. The molecule has 0 aliphatic carbocycles. The number of thioether (sulfide) groups is 1. The van der Waals surface area contributed by atoms with E-state index in [1.807, 2.05) is 17.6 Å². The van der Waals surface area contributed by atoms with Crippen LogP contribution in [0, 0.1) is 5.82 Å². The number of amides is 1. The first-order valence-corrected chi connectivity index (χ1v) is 11.1. The number of rotatable bonds is 7. The Morgan fingerprint density at radius 3 is 2.62 bits per heavy atom. The molecule has 1 aromatic heterocycles. The summed E-state index contributed by atoms with van der Waals surface area (Å²) in [5.41, 5.74) is 1.41. The van der Waals surface area contributed by atoms with Crippen LogP contribution in [0.2, 0.25) is 0 Å². The van der Waals surface area contributed by atoms with Gasteiger partial charge >= 0.3 is 5.97 Å². The Balaban J connectivity index is 1.76. The van der Waals surface area contributed by atoms with Crippen LogP contribution in [-0.2, 0) is 16.1 Å². The number of ether oxygens (including phenoxy) is 1. The van der Waals surface area contributed by atoms with Gasteiger partial charge in [0, 0.05) is 23.6 Å². The minimum Gasteiger partial charge on any atom is -0.462 e. The van der Waals surface area contributed by atoms with Crippen LogP contribution in [0.25, 0.3) is 10.2 Å². The summed E-state index contributed by atoms with van der Waals surface area (Å²) >= 11 is 2.87. The zero-order valence-corrected chi connectivity index (χ0v) is 17.8. The largest absolute Gasteiger partial charge is 0.462 e. The molecular weight excluding hydrogens is 411 g/mol. The predicted octanol–water partition coefficient (Wildman–Crippen LogP) is 4.65. The number of aryl methyl sites for hydroxylation is 1. The van der Waals surface area contributed by atoms with Crippen molar-refractivity contribution >= 4 is 45.2 Å². The van der Waals surface area contributed by atoms with Crippen LogP contribution < -0.4 is 4.80 Å². The molecule has 0 unspecified atom stereocenters. The summed E-state index contributed by atoms with van der Waals surface area (Å²) in [6.45, 7) is 4.74. The second-order valence-corrected chi connectivity index (χ2v) is 8.27. The van der Waals surface area contributed by atoms with Crippen molar-refractivity contribution in [1.82, 2.24) is 4.57 Å². The quantitative estimate of drug-likeness (QED) is 0.403. The van der Waals surface area contributed by atoms with E-state index in [2.05, 4.69) is 4.99 Å². The van der Waals surface area contributed by atoms with Gasteiger partial charge in [0.05, 0.1) is 22.4 Å². The molecule has 0 atom stereocenters. The molecule has 5 nitrogen and oxygen atoms in total. The average molecular weight is 433 g/mol. The molecule has 0 bridgehead atoms. The lowest BCUT2D eigenvalue weighted by molar-refractivity contribution is -0.117. The van der Waals surface area contributed by atoms with Gasteiger partial charge in [0.15, 0.2) is 4.80 Å². The Morgan fingerprint density at radius 2 is 1.93 bits per heavy atom. The minimum absolute atomic E-state index is 0.209. The van der Waals surface area contributed by atoms with Gasteiger partial charge in [-0.25, -0.2) is 9.18 Å². The van der Waals surface area contributed by atoms with Crippen LogP contribution >= 0.6 is 23.1 Å². The molecule has 152 valence electrons. The number of hydrogen-bond acceptors (Lipinski definition) is 5. The van der Waals surface area contributed by atoms with Gasteiger partial charge in [-0.2, -0.15) is 4.99 Å². The standard InChI is InChI=1S/C21H21FN2O3S2/c1-3-24-17-10-5-14(20(26)27-4-2)13-18(17)29-21(24)23-19(25)11-12-28-16-8-6-15(22)7-9-16/h5-10,13H,3-4,11-12H2,1-2H3. The molecule has 8 heteroatoms. The van der Waals surface area contributed by atoms with E-state index in [0.29, 0.717) is 29.3 Å². The first-order chi connectivity index (χ1) is 14.0.